The molecule has 1 aliphatic heterocycles. The molecule has 2 atom stereocenters. The zero-order chi connectivity index (χ0) is 14.0. The standard InChI is InChI=1S/C13H13F3O3/c1-8-6-7-11(18-8)12(17)9-4-2-3-5-10(9)19-13(14,15)16/h2-5,8,11H,6-7H2,1H3. The van der Waals surface area contributed by atoms with E-state index in [1.165, 1.54) is 18.2 Å². The van der Waals surface area contributed by atoms with Crippen LogP contribution < -0.4 is 4.74 Å². The summed E-state index contributed by atoms with van der Waals surface area (Å²) in [6.07, 6.45) is -4.32. The second-order valence-electron chi connectivity index (χ2n) is 4.42. The van der Waals surface area contributed by atoms with Gasteiger partial charge in [-0.2, -0.15) is 0 Å². The van der Waals surface area contributed by atoms with E-state index in [4.69, 9.17) is 4.74 Å². The van der Waals surface area contributed by atoms with Crippen molar-refractivity contribution in [3.8, 4) is 5.75 Å². The lowest BCUT2D eigenvalue weighted by Gasteiger charge is -2.15. The number of alkyl halides is 3. The van der Waals surface area contributed by atoms with Crippen LogP contribution in [0.2, 0.25) is 0 Å². The van der Waals surface area contributed by atoms with Crippen LogP contribution in [0.3, 0.4) is 0 Å². The number of para-hydroxylation sites is 1. The molecule has 3 nitrogen and oxygen atoms in total. The monoisotopic (exact) mass is 274 g/mol. The highest BCUT2D eigenvalue weighted by Gasteiger charge is 2.35. The summed E-state index contributed by atoms with van der Waals surface area (Å²) in [5.41, 5.74) is -0.0982. The average Bonchev–Trinajstić information content (AvgIpc) is 2.74. The maximum Gasteiger partial charge on any atom is 0.573 e. The van der Waals surface area contributed by atoms with E-state index in [-0.39, 0.29) is 11.7 Å². The van der Waals surface area contributed by atoms with Gasteiger partial charge in [0.05, 0.1) is 11.7 Å². The summed E-state index contributed by atoms with van der Waals surface area (Å²) in [6.45, 7) is 1.82. The normalized spacial score (nSPS) is 23.4. The molecule has 104 valence electrons. The van der Waals surface area contributed by atoms with E-state index in [2.05, 4.69) is 4.74 Å². The van der Waals surface area contributed by atoms with Gasteiger partial charge in [-0.05, 0) is 31.9 Å². The Morgan fingerprint density at radius 2 is 2.00 bits per heavy atom. The third-order valence-corrected chi connectivity index (χ3v) is 2.90. The molecule has 0 spiro atoms. The molecule has 0 N–H and O–H groups in total. The van der Waals surface area contributed by atoms with Crippen molar-refractivity contribution in [3.05, 3.63) is 29.8 Å². The summed E-state index contributed by atoms with van der Waals surface area (Å²) >= 11 is 0. The first kappa shape index (κ1) is 13.9. The molecular formula is C13H13F3O3. The largest absolute Gasteiger partial charge is 0.573 e. The molecule has 0 bridgehead atoms. The minimum Gasteiger partial charge on any atom is -0.405 e. The van der Waals surface area contributed by atoms with Crippen molar-refractivity contribution < 1.29 is 27.4 Å². The Morgan fingerprint density at radius 1 is 1.32 bits per heavy atom. The SMILES string of the molecule is CC1CCC(C(=O)c2ccccc2OC(F)(F)F)O1. The maximum absolute atomic E-state index is 12.3. The first-order valence-electron chi connectivity index (χ1n) is 5.91. The minimum absolute atomic E-state index is 0.0513. The van der Waals surface area contributed by atoms with Gasteiger partial charge in [0.25, 0.3) is 0 Å². The van der Waals surface area contributed by atoms with Gasteiger partial charge < -0.3 is 9.47 Å². The number of hydrogen-bond donors (Lipinski definition) is 0. The molecule has 2 rings (SSSR count). The lowest BCUT2D eigenvalue weighted by atomic mass is 10.0. The molecule has 0 saturated carbocycles. The van der Waals surface area contributed by atoms with Gasteiger partial charge in [0.2, 0.25) is 0 Å². The Kier molecular flexibility index (Phi) is 3.80. The molecule has 1 aromatic rings. The molecule has 1 fully saturated rings. The first-order valence-corrected chi connectivity index (χ1v) is 5.91. The molecule has 19 heavy (non-hydrogen) atoms. The Hall–Kier alpha value is -1.56. The number of rotatable bonds is 3. The Bertz CT molecular complexity index is 470. The molecule has 0 aromatic heterocycles. The van der Waals surface area contributed by atoms with Gasteiger partial charge in [-0.15, -0.1) is 13.2 Å². The van der Waals surface area contributed by atoms with Gasteiger partial charge in [0.15, 0.2) is 5.78 Å². The highest BCUT2D eigenvalue weighted by atomic mass is 19.4. The predicted octanol–water partition coefficient (Wildman–Crippen LogP) is 3.34. The Labute approximate surface area is 108 Å². The van der Waals surface area contributed by atoms with E-state index in [0.717, 1.165) is 12.5 Å². The van der Waals surface area contributed by atoms with Crippen LogP contribution in [0, 0.1) is 0 Å². The third-order valence-electron chi connectivity index (χ3n) is 2.90. The van der Waals surface area contributed by atoms with Crippen molar-refractivity contribution in [1.82, 2.24) is 0 Å². The Morgan fingerprint density at radius 3 is 2.58 bits per heavy atom. The van der Waals surface area contributed by atoms with Crippen molar-refractivity contribution in [1.29, 1.82) is 0 Å². The zero-order valence-electron chi connectivity index (χ0n) is 10.2. The van der Waals surface area contributed by atoms with Crippen molar-refractivity contribution in [2.45, 2.75) is 38.3 Å². The van der Waals surface area contributed by atoms with Crippen molar-refractivity contribution >= 4 is 5.78 Å². The summed E-state index contributed by atoms with van der Waals surface area (Å²) in [6, 6.07) is 5.32. The highest BCUT2D eigenvalue weighted by molar-refractivity contribution is 6.02. The summed E-state index contributed by atoms with van der Waals surface area (Å²) in [5.74, 6) is -0.952. The van der Waals surface area contributed by atoms with Crippen LogP contribution in [-0.2, 0) is 4.74 Å². The van der Waals surface area contributed by atoms with Gasteiger partial charge in [-0.3, -0.25) is 4.79 Å². The molecule has 0 radical (unpaired) electrons. The predicted molar refractivity (Wildman–Crippen MR) is 61.0 cm³/mol. The van der Waals surface area contributed by atoms with E-state index in [9.17, 15) is 18.0 Å². The number of halogens is 3. The van der Waals surface area contributed by atoms with Crippen LogP contribution in [0.4, 0.5) is 13.2 Å². The van der Waals surface area contributed by atoms with E-state index < -0.39 is 24.0 Å². The van der Waals surface area contributed by atoms with Crippen molar-refractivity contribution in [2.24, 2.45) is 0 Å². The van der Waals surface area contributed by atoms with E-state index >= 15 is 0 Å². The summed E-state index contributed by atoms with van der Waals surface area (Å²) in [4.78, 5) is 12.1. The number of carbonyl (C=O) groups excluding carboxylic acids is 1. The second kappa shape index (κ2) is 5.21. The highest BCUT2D eigenvalue weighted by Crippen LogP contribution is 2.30. The molecule has 2 unspecified atom stereocenters. The fourth-order valence-electron chi connectivity index (χ4n) is 2.05. The topological polar surface area (TPSA) is 35.5 Å². The van der Waals surface area contributed by atoms with Crippen LogP contribution in [0.5, 0.6) is 5.75 Å². The van der Waals surface area contributed by atoms with Crippen LogP contribution in [0.25, 0.3) is 0 Å². The van der Waals surface area contributed by atoms with E-state index in [1.807, 2.05) is 6.92 Å². The molecule has 0 aliphatic carbocycles. The molecule has 1 heterocycles. The fourth-order valence-corrected chi connectivity index (χ4v) is 2.05. The maximum atomic E-state index is 12.3. The van der Waals surface area contributed by atoms with Gasteiger partial charge in [0, 0.05) is 0 Å². The van der Waals surface area contributed by atoms with Crippen LogP contribution in [0.1, 0.15) is 30.1 Å². The van der Waals surface area contributed by atoms with Gasteiger partial charge in [0.1, 0.15) is 11.9 Å². The third kappa shape index (κ3) is 3.47. The average molecular weight is 274 g/mol. The smallest absolute Gasteiger partial charge is 0.405 e. The van der Waals surface area contributed by atoms with Crippen LogP contribution in [-0.4, -0.2) is 24.4 Å². The minimum atomic E-state index is -4.82. The zero-order valence-corrected chi connectivity index (χ0v) is 10.2. The summed E-state index contributed by atoms with van der Waals surface area (Å²) in [5, 5.41) is 0. The van der Waals surface area contributed by atoms with Crippen molar-refractivity contribution in [2.75, 3.05) is 0 Å². The molecule has 1 aromatic carbocycles. The quantitative estimate of drug-likeness (QED) is 0.793. The molecule has 6 heteroatoms. The number of hydrogen-bond acceptors (Lipinski definition) is 3. The number of ketones is 1. The molecule has 1 aliphatic rings. The number of benzene rings is 1. The summed E-state index contributed by atoms with van der Waals surface area (Å²) in [7, 11) is 0. The van der Waals surface area contributed by atoms with Gasteiger partial charge in [-0.1, -0.05) is 12.1 Å². The van der Waals surface area contributed by atoms with Crippen LogP contribution >= 0.6 is 0 Å². The molecular weight excluding hydrogens is 261 g/mol. The van der Waals surface area contributed by atoms with Crippen LogP contribution in [0.15, 0.2) is 24.3 Å². The lowest BCUT2D eigenvalue weighted by molar-refractivity contribution is -0.274. The van der Waals surface area contributed by atoms with E-state index in [0.29, 0.717) is 6.42 Å². The van der Waals surface area contributed by atoms with Gasteiger partial charge >= 0.3 is 6.36 Å². The number of carbonyl (C=O) groups is 1. The Balaban J connectivity index is 2.22. The molecule has 0 amide bonds. The van der Waals surface area contributed by atoms with Gasteiger partial charge in [-0.25, -0.2) is 0 Å². The number of ether oxygens (including phenoxy) is 2. The first-order chi connectivity index (χ1) is 8.87. The lowest BCUT2D eigenvalue weighted by Crippen LogP contribution is -2.24. The second-order valence-corrected chi connectivity index (χ2v) is 4.42. The van der Waals surface area contributed by atoms with E-state index in [1.54, 1.807) is 0 Å². The summed E-state index contributed by atoms with van der Waals surface area (Å²) < 4.78 is 46.0. The molecule has 1 saturated heterocycles. The fraction of sp³-hybridized carbons (Fsp3) is 0.462. The van der Waals surface area contributed by atoms with Crippen molar-refractivity contribution in [3.63, 3.8) is 0 Å². The number of Topliss-reactive ketones (excluding diaryl/α,β-unsaturated/α-hetero) is 1.